The summed E-state index contributed by atoms with van der Waals surface area (Å²) >= 11 is 6.14. The van der Waals surface area contributed by atoms with Crippen LogP contribution in [-0.2, 0) is 6.54 Å². The minimum absolute atomic E-state index is 0.406. The van der Waals surface area contributed by atoms with Crippen molar-refractivity contribution >= 4 is 17.5 Å². The van der Waals surface area contributed by atoms with Crippen LogP contribution in [0.3, 0.4) is 0 Å². The Labute approximate surface area is 130 Å². The van der Waals surface area contributed by atoms with Crippen molar-refractivity contribution < 1.29 is 9.90 Å². The molecular weight excluding hydrogens is 288 g/mol. The average Bonchev–Trinajstić information content (AvgIpc) is 2.40. The normalized spacial score (nSPS) is 25.8. The number of halogens is 1. The zero-order valence-corrected chi connectivity index (χ0v) is 13.1. The minimum atomic E-state index is -0.614. The summed E-state index contributed by atoms with van der Waals surface area (Å²) in [6.07, 6.45) is 3.96. The molecule has 4 N–H and O–H groups in total. The van der Waals surface area contributed by atoms with E-state index in [-0.39, 0.29) is 0 Å². The highest BCUT2D eigenvalue weighted by Crippen LogP contribution is 2.31. The van der Waals surface area contributed by atoms with E-state index in [1.165, 1.54) is 6.42 Å². The Kier molecular flexibility index (Phi) is 5.25. The number of rotatable bonds is 5. The number of nitrogens with two attached hydrogens (primary N) is 1. The van der Waals surface area contributed by atoms with Crippen LogP contribution in [0.15, 0.2) is 18.2 Å². The fraction of sp³-hybridized carbons (Fsp3) is 0.562. The van der Waals surface area contributed by atoms with Gasteiger partial charge in [0.15, 0.2) is 0 Å². The summed E-state index contributed by atoms with van der Waals surface area (Å²) in [6.45, 7) is 3.31. The van der Waals surface area contributed by atoms with Crippen LogP contribution in [0.25, 0.3) is 0 Å². The lowest BCUT2D eigenvalue weighted by atomic mass is 9.79. The second kappa shape index (κ2) is 6.77. The molecule has 21 heavy (non-hydrogen) atoms. The van der Waals surface area contributed by atoms with Crippen LogP contribution in [0, 0.1) is 5.92 Å². The van der Waals surface area contributed by atoms with Crippen LogP contribution in [0.4, 0.5) is 0 Å². The van der Waals surface area contributed by atoms with Gasteiger partial charge in [0, 0.05) is 23.7 Å². The van der Waals surface area contributed by atoms with Crippen LogP contribution < -0.4 is 11.1 Å². The van der Waals surface area contributed by atoms with Gasteiger partial charge in [-0.1, -0.05) is 37.4 Å². The number of amides is 1. The standard InChI is InChI=1S/C16H23ClN2O2/c1-11-3-2-6-16(21,8-11)10-19-9-13-5-4-12(15(18)20)7-14(13)17/h4-5,7,11,19,21H,2-3,6,8-10H2,1H3,(H2,18,20). The first-order chi connectivity index (χ1) is 9.89. The van der Waals surface area contributed by atoms with E-state index in [1.807, 2.05) is 0 Å². The molecule has 1 aromatic rings. The van der Waals surface area contributed by atoms with Gasteiger partial charge in [-0.2, -0.15) is 0 Å². The van der Waals surface area contributed by atoms with Crippen LogP contribution >= 0.6 is 11.6 Å². The average molecular weight is 311 g/mol. The number of nitrogens with one attached hydrogen (secondary N) is 1. The van der Waals surface area contributed by atoms with Gasteiger partial charge in [-0.25, -0.2) is 0 Å². The van der Waals surface area contributed by atoms with Gasteiger partial charge in [0.25, 0.3) is 0 Å². The summed E-state index contributed by atoms with van der Waals surface area (Å²) in [5, 5.41) is 14.3. The second-order valence-corrected chi connectivity index (χ2v) is 6.61. The third-order valence-corrected chi connectivity index (χ3v) is 4.53. The molecule has 0 aliphatic heterocycles. The molecule has 1 fully saturated rings. The number of carbonyl (C=O) groups excluding carboxylic acids is 1. The molecule has 0 spiro atoms. The number of benzene rings is 1. The van der Waals surface area contributed by atoms with E-state index in [2.05, 4.69) is 12.2 Å². The molecule has 4 nitrogen and oxygen atoms in total. The molecule has 2 rings (SSSR count). The van der Waals surface area contributed by atoms with Crippen molar-refractivity contribution in [3.63, 3.8) is 0 Å². The maximum atomic E-state index is 11.1. The summed E-state index contributed by atoms with van der Waals surface area (Å²) in [7, 11) is 0. The van der Waals surface area contributed by atoms with Crippen LogP contribution in [0.1, 0.15) is 48.5 Å². The maximum absolute atomic E-state index is 11.1. The van der Waals surface area contributed by atoms with E-state index in [4.69, 9.17) is 17.3 Å². The molecule has 0 saturated heterocycles. The van der Waals surface area contributed by atoms with Gasteiger partial charge >= 0.3 is 0 Å². The summed E-state index contributed by atoms with van der Waals surface area (Å²) in [5.41, 5.74) is 5.90. The quantitative estimate of drug-likeness (QED) is 0.782. The molecular formula is C16H23ClN2O2. The molecule has 2 atom stereocenters. The molecule has 1 aliphatic carbocycles. The molecule has 0 aromatic heterocycles. The van der Waals surface area contributed by atoms with E-state index in [9.17, 15) is 9.90 Å². The number of aliphatic hydroxyl groups is 1. The molecule has 0 heterocycles. The van der Waals surface area contributed by atoms with Gasteiger partial charge in [0.05, 0.1) is 5.60 Å². The first kappa shape index (κ1) is 16.3. The second-order valence-electron chi connectivity index (χ2n) is 6.20. The van der Waals surface area contributed by atoms with E-state index in [0.29, 0.717) is 29.6 Å². The fourth-order valence-corrected chi connectivity index (χ4v) is 3.31. The lowest BCUT2D eigenvalue weighted by Crippen LogP contribution is -2.43. The van der Waals surface area contributed by atoms with Gasteiger partial charge in [-0.05, 0) is 36.5 Å². The van der Waals surface area contributed by atoms with E-state index < -0.39 is 11.5 Å². The van der Waals surface area contributed by atoms with Crippen molar-refractivity contribution in [2.75, 3.05) is 6.54 Å². The number of primary amides is 1. The van der Waals surface area contributed by atoms with Crippen LogP contribution in [-0.4, -0.2) is 23.2 Å². The Bertz CT molecular complexity index is 521. The third kappa shape index (κ3) is 4.43. The molecule has 2 unspecified atom stereocenters. The van der Waals surface area contributed by atoms with Crippen molar-refractivity contribution in [1.82, 2.24) is 5.32 Å². The van der Waals surface area contributed by atoms with E-state index >= 15 is 0 Å². The number of hydrogen-bond acceptors (Lipinski definition) is 3. The lowest BCUT2D eigenvalue weighted by Gasteiger charge is -2.35. The van der Waals surface area contributed by atoms with Crippen molar-refractivity contribution in [3.05, 3.63) is 34.3 Å². The Balaban J connectivity index is 1.90. The largest absolute Gasteiger partial charge is 0.389 e. The first-order valence-corrected chi connectivity index (χ1v) is 7.79. The topological polar surface area (TPSA) is 75.3 Å². The molecule has 1 aromatic carbocycles. The fourth-order valence-electron chi connectivity index (χ4n) is 3.07. The number of carbonyl (C=O) groups is 1. The van der Waals surface area contributed by atoms with Crippen molar-refractivity contribution in [2.24, 2.45) is 11.7 Å². The first-order valence-electron chi connectivity index (χ1n) is 7.41. The highest BCUT2D eigenvalue weighted by atomic mass is 35.5. The molecule has 5 heteroatoms. The number of hydrogen-bond donors (Lipinski definition) is 3. The zero-order chi connectivity index (χ0) is 15.5. The maximum Gasteiger partial charge on any atom is 0.248 e. The molecule has 0 radical (unpaired) electrons. The molecule has 116 valence electrons. The Morgan fingerprint density at radius 1 is 1.57 bits per heavy atom. The molecule has 1 aliphatic rings. The zero-order valence-electron chi connectivity index (χ0n) is 12.4. The predicted octanol–water partition coefficient (Wildman–Crippen LogP) is 2.47. The van der Waals surface area contributed by atoms with Crippen molar-refractivity contribution in [1.29, 1.82) is 0 Å². The highest BCUT2D eigenvalue weighted by molar-refractivity contribution is 6.31. The van der Waals surface area contributed by atoms with Gasteiger partial charge in [-0.3, -0.25) is 4.79 Å². The summed E-state index contributed by atoms with van der Waals surface area (Å²) < 4.78 is 0. The Hall–Kier alpha value is -1.10. The van der Waals surface area contributed by atoms with Crippen molar-refractivity contribution in [3.8, 4) is 0 Å². The monoisotopic (exact) mass is 310 g/mol. The van der Waals surface area contributed by atoms with Gasteiger partial charge in [0.1, 0.15) is 0 Å². The molecule has 1 saturated carbocycles. The lowest BCUT2D eigenvalue weighted by molar-refractivity contribution is -0.0119. The van der Waals surface area contributed by atoms with E-state index in [1.54, 1.807) is 18.2 Å². The Morgan fingerprint density at radius 3 is 2.95 bits per heavy atom. The Morgan fingerprint density at radius 2 is 2.33 bits per heavy atom. The summed E-state index contributed by atoms with van der Waals surface area (Å²) in [4.78, 5) is 11.1. The predicted molar refractivity (Wildman–Crippen MR) is 84.3 cm³/mol. The smallest absolute Gasteiger partial charge is 0.248 e. The third-order valence-electron chi connectivity index (χ3n) is 4.17. The SMILES string of the molecule is CC1CCCC(O)(CNCc2ccc(C(N)=O)cc2Cl)C1. The van der Waals surface area contributed by atoms with Gasteiger partial charge < -0.3 is 16.2 Å². The molecule has 0 bridgehead atoms. The highest BCUT2D eigenvalue weighted by Gasteiger charge is 2.32. The van der Waals surface area contributed by atoms with Gasteiger partial charge in [-0.15, -0.1) is 0 Å². The van der Waals surface area contributed by atoms with Crippen LogP contribution in [0.2, 0.25) is 5.02 Å². The van der Waals surface area contributed by atoms with E-state index in [0.717, 1.165) is 24.8 Å². The van der Waals surface area contributed by atoms with Gasteiger partial charge in [0.2, 0.25) is 5.91 Å². The minimum Gasteiger partial charge on any atom is -0.389 e. The van der Waals surface area contributed by atoms with Crippen LogP contribution in [0.5, 0.6) is 0 Å². The summed E-state index contributed by atoms with van der Waals surface area (Å²) in [5.74, 6) is 0.0888. The molecule has 1 amide bonds. The summed E-state index contributed by atoms with van der Waals surface area (Å²) in [6, 6.07) is 5.05. The van der Waals surface area contributed by atoms with Crippen molar-refractivity contribution in [2.45, 2.75) is 44.8 Å².